The lowest BCUT2D eigenvalue weighted by Gasteiger charge is -2.21. The van der Waals surface area contributed by atoms with Gasteiger partial charge >= 0.3 is 11.9 Å². The number of ether oxygens (including phenoxy) is 2. The van der Waals surface area contributed by atoms with Crippen LogP contribution in [0.25, 0.3) is 0 Å². The molecule has 0 heterocycles. The molecule has 0 unspecified atom stereocenters. The minimum absolute atomic E-state index is 0.00360. The van der Waals surface area contributed by atoms with Gasteiger partial charge in [-0.25, -0.2) is 0 Å². The molecule has 0 atom stereocenters. The van der Waals surface area contributed by atoms with E-state index < -0.39 is 0 Å². The summed E-state index contributed by atoms with van der Waals surface area (Å²) >= 11 is 0. The van der Waals surface area contributed by atoms with Crippen molar-refractivity contribution in [3.05, 3.63) is 0 Å². The molecule has 0 amide bonds. The van der Waals surface area contributed by atoms with E-state index in [2.05, 4.69) is 25.7 Å². The SMILES string of the molecule is CCCCCCCCC(CCCCCCCC)OC(=O)CCCCCCCN(CCO)CCCC(=O)OCCCCCCC. The van der Waals surface area contributed by atoms with Gasteiger partial charge in [-0.15, -0.1) is 0 Å². The van der Waals surface area contributed by atoms with Gasteiger partial charge in [-0.2, -0.15) is 0 Å². The molecule has 0 bridgehead atoms. The molecule has 6 heteroatoms. The molecule has 0 fully saturated rings. The maximum Gasteiger partial charge on any atom is 0.306 e. The smallest absolute Gasteiger partial charge is 0.306 e. The fourth-order valence-electron chi connectivity index (χ4n) is 5.83. The van der Waals surface area contributed by atoms with Crippen LogP contribution in [0.15, 0.2) is 0 Å². The molecule has 0 saturated heterocycles. The van der Waals surface area contributed by atoms with Gasteiger partial charge in [0.25, 0.3) is 0 Å². The summed E-state index contributed by atoms with van der Waals surface area (Å²) in [5, 5.41) is 9.44. The summed E-state index contributed by atoms with van der Waals surface area (Å²) in [5.74, 6) is -0.102. The number of carbonyl (C=O) groups excluding carboxylic acids is 2. The van der Waals surface area contributed by atoms with E-state index in [-0.39, 0.29) is 24.6 Å². The third-order valence-electron chi connectivity index (χ3n) is 8.70. The van der Waals surface area contributed by atoms with Crippen LogP contribution in [0, 0.1) is 0 Å². The molecule has 0 rings (SSSR count). The molecule has 0 aromatic carbocycles. The van der Waals surface area contributed by atoms with Gasteiger partial charge in [-0.1, -0.05) is 130 Å². The van der Waals surface area contributed by atoms with E-state index in [0.717, 1.165) is 77.3 Å². The van der Waals surface area contributed by atoms with Crippen molar-refractivity contribution < 1.29 is 24.2 Å². The van der Waals surface area contributed by atoms with Crippen molar-refractivity contribution in [3.63, 3.8) is 0 Å². The average molecular weight is 626 g/mol. The monoisotopic (exact) mass is 626 g/mol. The predicted molar refractivity (Wildman–Crippen MR) is 186 cm³/mol. The Morgan fingerprint density at radius 2 is 0.977 bits per heavy atom. The fourth-order valence-corrected chi connectivity index (χ4v) is 5.83. The molecule has 0 aliphatic carbocycles. The zero-order valence-corrected chi connectivity index (χ0v) is 29.7. The summed E-state index contributed by atoms with van der Waals surface area (Å²) in [6, 6.07) is 0. The number of esters is 2. The maximum absolute atomic E-state index is 12.6. The molecule has 44 heavy (non-hydrogen) atoms. The average Bonchev–Trinajstić information content (AvgIpc) is 3.01. The molecule has 6 nitrogen and oxygen atoms in total. The Morgan fingerprint density at radius 1 is 0.523 bits per heavy atom. The standard InChI is InChI=1S/C38H75NO5/c1-4-7-10-13-16-21-27-36(28-22-17-14-11-8-5-2)44-38(42)29-23-18-15-19-24-31-39(33-34-40)32-26-30-37(41)43-35-25-20-12-9-6-3/h36,40H,4-35H2,1-3H3. The fraction of sp³-hybridized carbons (Fsp3) is 0.947. The van der Waals surface area contributed by atoms with E-state index >= 15 is 0 Å². The van der Waals surface area contributed by atoms with Gasteiger partial charge in [-0.3, -0.25) is 9.59 Å². The molecule has 0 aliphatic rings. The van der Waals surface area contributed by atoms with Gasteiger partial charge in [0.05, 0.1) is 13.2 Å². The van der Waals surface area contributed by atoms with Crippen LogP contribution in [0.3, 0.4) is 0 Å². The number of unbranched alkanes of at least 4 members (excludes halogenated alkanes) is 18. The van der Waals surface area contributed by atoms with E-state index in [1.807, 2.05) is 0 Å². The second-order valence-electron chi connectivity index (χ2n) is 13.0. The summed E-state index contributed by atoms with van der Waals surface area (Å²) in [6.07, 6.45) is 30.3. The molecular formula is C38H75NO5. The van der Waals surface area contributed by atoms with Crippen LogP contribution < -0.4 is 0 Å². The van der Waals surface area contributed by atoms with Crippen LogP contribution >= 0.6 is 0 Å². The molecule has 1 N–H and O–H groups in total. The molecule has 262 valence electrons. The lowest BCUT2D eigenvalue weighted by atomic mass is 10.0. The quantitative estimate of drug-likeness (QED) is 0.0558. The first-order valence-corrected chi connectivity index (χ1v) is 19.3. The molecule has 0 aromatic heterocycles. The summed E-state index contributed by atoms with van der Waals surface area (Å²) in [6.45, 7) is 9.80. The van der Waals surface area contributed by atoms with Crippen molar-refractivity contribution in [2.45, 2.75) is 200 Å². The second kappa shape index (κ2) is 34.7. The first-order chi connectivity index (χ1) is 21.6. The van der Waals surface area contributed by atoms with Crippen LogP contribution in [0.1, 0.15) is 194 Å². The highest BCUT2D eigenvalue weighted by molar-refractivity contribution is 5.69. The third kappa shape index (κ3) is 30.9. The topological polar surface area (TPSA) is 76.1 Å². The molecule has 0 spiro atoms. The van der Waals surface area contributed by atoms with Gasteiger partial charge in [0.1, 0.15) is 6.10 Å². The predicted octanol–water partition coefficient (Wildman–Crippen LogP) is 10.3. The van der Waals surface area contributed by atoms with Crippen LogP contribution in [0.2, 0.25) is 0 Å². The Bertz CT molecular complexity index is 598. The van der Waals surface area contributed by atoms with Gasteiger partial charge in [-0.05, 0) is 64.5 Å². The van der Waals surface area contributed by atoms with Crippen molar-refractivity contribution in [1.29, 1.82) is 0 Å². The zero-order valence-electron chi connectivity index (χ0n) is 29.7. The zero-order chi connectivity index (χ0) is 32.4. The van der Waals surface area contributed by atoms with Gasteiger partial charge < -0.3 is 19.5 Å². The Labute approximate surface area is 273 Å². The molecule has 0 aliphatic heterocycles. The van der Waals surface area contributed by atoms with Crippen molar-refractivity contribution in [1.82, 2.24) is 4.90 Å². The van der Waals surface area contributed by atoms with E-state index in [9.17, 15) is 14.7 Å². The lowest BCUT2D eigenvalue weighted by molar-refractivity contribution is -0.150. The normalized spacial score (nSPS) is 11.5. The number of aliphatic hydroxyl groups is 1. The number of carbonyl (C=O) groups is 2. The Balaban J connectivity index is 4.07. The molecule has 0 radical (unpaired) electrons. The number of hydrogen-bond donors (Lipinski definition) is 1. The van der Waals surface area contributed by atoms with Crippen LogP contribution in [-0.2, 0) is 19.1 Å². The Hall–Kier alpha value is -1.14. The highest BCUT2D eigenvalue weighted by atomic mass is 16.5. The summed E-state index contributed by atoms with van der Waals surface area (Å²) in [4.78, 5) is 26.9. The maximum atomic E-state index is 12.6. The Morgan fingerprint density at radius 3 is 1.55 bits per heavy atom. The van der Waals surface area contributed by atoms with Crippen molar-refractivity contribution in [2.75, 3.05) is 32.8 Å². The molecule has 0 saturated carbocycles. The van der Waals surface area contributed by atoms with Crippen molar-refractivity contribution >= 4 is 11.9 Å². The number of hydrogen-bond acceptors (Lipinski definition) is 6. The highest BCUT2D eigenvalue weighted by Gasteiger charge is 2.14. The minimum Gasteiger partial charge on any atom is -0.466 e. The van der Waals surface area contributed by atoms with E-state index in [4.69, 9.17) is 9.47 Å². The number of aliphatic hydroxyl groups excluding tert-OH is 1. The Kier molecular flexibility index (Phi) is 33.8. The number of nitrogens with zero attached hydrogens (tertiary/aromatic N) is 1. The lowest BCUT2D eigenvalue weighted by Crippen LogP contribution is -2.29. The summed E-state index contributed by atoms with van der Waals surface area (Å²) in [7, 11) is 0. The van der Waals surface area contributed by atoms with Gasteiger partial charge in [0.2, 0.25) is 0 Å². The van der Waals surface area contributed by atoms with Crippen LogP contribution in [-0.4, -0.2) is 60.9 Å². The third-order valence-corrected chi connectivity index (χ3v) is 8.70. The van der Waals surface area contributed by atoms with Crippen molar-refractivity contribution in [3.8, 4) is 0 Å². The highest BCUT2D eigenvalue weighted by Crippen LogP contribution is 2.18. The number of rotatable bonds is 35. The minimum atomic E-state index is -0.0981. The largest absolute Gasteiger partial charge is 0.466 e. The van der Waals surface area contributed by atoms with E-state index in [1.165, 1.54) is 96.3 Å². The second-order valence-corrected chi connectivity index (χ2v) is 13.0. The molecule has 0 aromatic rings. The van der Waals surface area contributed by atoms with Gasteiger partial charge in [0.15, 0.2) is 0 Å². The summed E-state index contributed by atoms with van der Waals surface area (Å²) < 4.78 is 11.4. The van der Waals surface area contributed by atoms with E-state index in [0.29, 0.717) is 26.0 Å². The molecular weight excluding hydrogens is 550 g/mol. The first-order valence-electron chi connectivity index (χ1n) is 19.3. The first kappa shape index (κ1) is 42.9. The van der Waals surface area contributed by atoms with Crippen LogP contribution in [0.5, 0.6) is 0 Å². The van der Waals surface area contributed by atoms with Crippen LogP contribution in [0.4, 0.5) is 0 Å². The summed E-state index contributed by atoms with van der Waals surface area (Å²) in [5.41, 5.74) is 0. The van der Waals surface area contributed by atoms with E-state index in [1.54, 1.807) is 0 Å². The van der Waals surface area contributed by atoms with Gasteiger partial charge in [0, 0.05) is 19.4 Å². The van der Waals surface area contributed by atoms with Crippen molar-refractivity contribution in [2.24, 2.45) is 0 Å².